The lowest BCUT2D eigenvalue weighted by atomic mass is 9.69. The van der Waals surface area contributed by atoms with Crippen molar-refractivity contribution in [2.45, 2.75) is 31.6 Å². The summed E-state index contributed by atoms with van der Waals surface area (Å²) in [5.41, 5.74) is 0.0609. The van der Waals surface area contributed by atoms with Gasteiger partial charge in [-0.1, -0.05) is 18.5 Å². The lowest BCUT2D eigenvalue weighted by molar-refractivity contribution is 0.202. The quantitative estimate of drug-likeness (QED) is 0.760. The monoisotopic (exact) mass is 196 g/mol. The molecule has 0 spiro atoms. The Hall–Kier alpha value is -1.52. The molecule has 0 aromatic carbocycles. The van der Waals surface area contributed by atoms with Crippen LogP contribution in [0.3, 0.4) is 0 Å². The van der Waals surface area contributed by atoms with E-state index in [1.165, 1.54) is 6.42 Å². The van der Waals surface area contributed by atoms with Crippen molar-refractivity contribution in [3.63, 3.8) is 0 Å². The van der Waals surface area contributed by atoms with E-state index in [4.69, 9.17) is 9.63 Å². The van der Waals surface area contributed by atoms with Crippen LogP contribution in [0.15, 0.2) is 10.6 Å². The van der Waals surface area contributed by atoms with Gasteiger partial charge >= 0.3 is 6.09 Å². The lowest BCUT2D eigenvalue weighted by Gasteiger charge is -2.35. The molecule has 5 heteroatoms. The molecule has 1 aromatic heterocycles. The summed E-state index contributed by atoms with van der Waals surface area (Å²) in [6.45, 7) is 2.10. The summed E-state index contributed by atoms with van der Waals surface area (Å²) >= 11 is 0. The molecular weight excluding hydrogens is 184 g/mol. The van der Waals surface area contributed by atoms with Gasteiger partial charge in [0.1, 0.15) is 5.76 Å². The van der Waals surface area contributed by atoms with Gasteiger partial charge in [0.05, 0.1) is 0 Å². The molecule has 2 N–H and O–H groups in total. The van der Waals surface area contributed by atoms with E-state index in [1.54, 1.807) is 6.07 Å². The maximum Gasteiger partial charge on any atom is 0.410 e. The van der Waals surface area contributed by atoms with Crippen LogP contribution in [0, 0.1) is 0 Å². The fraction of sp³-hybridized carbons (Fsp3) is 0.556. The maximum atomic E-state index is 10.3. The first-order valence-corrected chi connectivity index (χ1v) is 4.57. The summed E-state index contributed by atoms with van der Waals surface area (Å²) in [7, 11) is 0. The Labute approximate surface area is 81.1 Å². The Bertz CT molecular complexity index is 355. The zero-order chi connectivity index (χ0) is 10.2. The van der Waals surface area contributed by atoms with E-state index < -0.39 is 6.09 Å². The SMILES string of the molecule is CC1(c2cc(NC(=O)O)no2)CCC1. The van der Waals surface area contributed by atoms with Crippen molar-refractivity contribution < 1.29 is 14.4 Å². The normalized spacial score (nSPS) is 18.6. The average Bonchev–Trinajstić information content (AvgIpc) is 2.47. The van der Waals surface area contributed by atoms with Crippen LogP contribution in [0.25, 0.3) is 0 Å². The highest BCUT2D eigenvalue weighted by molar-refractivity contribution is 5.81. The molecule has 1 fully saturated rings. The van der Waals surface area contributed by atoms with Crippen molar-refractivity contribution in [1.82, 2.24) is 5.16 Å². The maximum absolute atomic E-state index is 10.3. The first kappa shape index (κ1) is 9.05. The summed E-state index contributed by atoms with van der Waals surface area (Å²) in [5, 5.41) is 14.3. The molecule has 1 aliphatic carbocycles. The molecule has 0 radical (unpaired) electrons. The van der Waals surface area contributed by atoms with Crippen LogP contribution < -0.4 is 5.32 Å². The number of amides is 1. The van der Waals surface area contributed by atoms with Gasteiger partial charge in [-0.3, -0.25) is 5.32 Å². The second-order valence-electron chi connectivity index (χ2n) is 3.92. The minimum absolute atomic E-state index is 0.0609. The molecular formula is C9H12N2O3. The van der Waals surface area contributed by atoms with Gasteiger partial charge in [0.15, 0.2) is 5.82 Å². The van der Waals surface area contributed by atoms with E-state index in [0.717, 1.165) is 18.6 Å². The number of rotatable bonds is 2. The molecule has 1 heterocycles. The van der Waals surface area contributed by atoms with Crippen LogP contribution >= 0.6 is 0 Å². The lowest BCUT2D eigenvalue weighted by Crippen LogP contribution is -2.29. The van der Waals surface area contributed by atoms with Crippen molar-refractivity contribution in [3.8, 4) is 0 Å². The van der Waals surface area contributed by atoms with Crippen molar-refractivity contribution in [2.24, 2.45) is 0 Å². The smallest absolute Gasteiger partial charge is 0.410 e. The summed E-state index contributed by atoms with van der Waals surface area (Å²) in [4.78, 5) is 10.3. The molecule has 1 saturated carbocycles. The largest absolute Gasteiger partial charge is 0.465 e. The Kier molecular flexibility index (Phi) is 1.94. The Morgan fingerprint density at radius 1 is 1.71 bits per heavy atom. The summed E-state index contributed by atoms with van der Waals surface area (Å²) < 4.78 is 5.10. The van der Waals surface area contributed by atoms with Crippen LogP contribution in [-0.4, -0.2) is 16.4 Å². The molecule has 1 aromatic rings. The number of hydrogen-bond acceptors (Lipinski definition) is 3. The molecule has 76 valence electrons. The van der Waals surface area contributed by atoms with Crippen molar-refractivity contribution in [3.05, 3.63) is 11.8 Å². The second-order valence-corrected chi connectivity index (χ2v) is 3.92. The molecule has 0 unspecified atom stereocenters. The highest BCUT2D eigenvalue weighted by atomic mass is 16.5. The third kappa shape index (κ3) is 1.45. The van der Waals surface area contributed by atoms with Crippen molar-refractivity contribution in [1.29, 1.82) is 0 Å². The van der Waals surface area contributed by atoms with Gasteiger partial charge < -0.3 is 9.63 Å². The van der Waals surface area contributed by atoms with E-state index in [1.807, 2.05) is 0 Å². The topological polar surface area (TPSA) is 75.4 Å². The van der Waals surface area contributed by atoms with E-state index in [2.05, 4.69) is 17.4 Å². The first-order valence-electron chi connectivity index (χ1n) is 4.57. The first-order chi connectivity index (χ1) is 6.60. The van der Waals surface area contributed by atoms with E-state index in [-0.39, 0.29) is 11.2 Å². The zero-order valence-corrected chi connectivity index (χ0v) is 7.91. The highest BCUT2D eigenvalue weighted by Crippen LogP contribution is 2.43. The fourth-order valence-corrected chi connectivity index (χ4v) is 1.68. The van der Waals surface area contributed by atoms with Crippen LogP contribution in [0.1, 0.15) is 31.9 Å². The van der Waals surface area contributed by atoms with Gasteiger partial charge in [-0.05, 0) is 12.8 Å². The second kappa shape index (κ2) is 3.01. The molecule has 5 nitrogen and oxygen atoms in total. The van der Waals surface area contributed by atoms with Gasteiger partial charge in [0.25, 0.3) is 0 Å². The molecule has 14 heavy (non-hydrogen) atoms. The molecule has 0 saturated heterocycles. The Morgan fingerprint density at radius 2 is 2.43 bits per heavy atom. The number of nitrogens with zero attached hydrogens (tertiary/aromatic N) is 1. The van der Waals surface area contributed by atoms with E-state index in [0.29, 0.717) is 0 Å². The van der Waals surface area contributed by atoms with Crippen molar-refractivity contribution >= 4 is 11.9 Å². The van der Waals surface area contributed by atoms with Gasteiger partial charge in [0.2, 0.25) is 0 Å². The molecule has 0 aliphatic heterocycles. The van der Waals surface area contributed by atoms with Crippen LogP contribution in [0.2, 0.25) is 0 Å². The van der Waals surface area contributed by atoms with Gasteiger partial charge in [-0.25, -0.2) is 4.79 Å². The molecule has 1 amide bonds. The van der Waals surface area contributed by atoms with Crippen LogP contribution in [0.4, 0.5) is 10.6 Å². The third-order valence-electron chi connectivity index (χ3n) is 2.80. The summed E-state index contributed by atoms with van der Waals surface area (Å²) in [6, 6.07) is 1.66. The Morgan fingerprint density at radius 3 is 2.93 bits per heavy atom. The van der Waals surface area contributed by atoms with E-state index in [9.17, 15) is 4.79 Å². The number of aromatic nitrogens is 1. The van der Waals surface area contributed by atoms with Crippen LogP contribution in [-0.2, 0) is 5.41 Å². The van der Waals surface area contributed by atoms with Gasteiger partial charge in [-0.15, -0.1) is 0 Å². The molecule has 1 aliphatic rings. The number of carbonyl (C=O) groups is 1. The van der Waals surface area contributed by atoms with E-state index >= 15 is 0 Å². The van der Waals surface area contributed by atoms with Gasteiger partial charge in [0, 0.05) is 11.5 Å². The fourth-order valence-electron chi connectivity index (χ4n) is 1.68. The number of carboxylic acid groups (broad SMARTS) is 1. The Balaban J connectivity index is 2.13. The minimum Gasteiger partial charge on any atom is -0.465 e. The molecule has 0 atom stereocenters. The summed E-state index contributed by atoms with van der Waals surface area (Å²) in [6.07, 6.45) is 2.23. The predicted octanol–water partition coefficient (Wildman–Crippen LogP) is 2.21. The standard InChI is InChI=1S/C9H12N2O3/c1-9(3-2-4-9)6-5-7(11-14-6)10-8(12)13/h5H,2-4H2,1H3,(H,10,11)(H,12,13). The third-order valence-corrected chi connectivity index (χ3v) is 2.80. The van der Waals surface area contributed by atoms with Crippen LogP contribution in [0.5, 0.6) is 0 Å². The predicted molar refractivity (Wildman–Crippen MR) is 49.4 cm³/mol. The average molecular weight is 196 g/mol. The number of anilines is 1. The van der Waals surface area contributed by atoms with Crippen molar-refractivity contribution in [2.75, 3.05) is 5.32 Å². The highest BCUT2D eigenvalue weighted by Gasteiger charge is 2.37. The number of hydrogen-bond donors (Lipinski definition) is 2. The number of nitrogens with one attached hydrogen (secondary N) is 1. The summed E-state index contributed by atoms with van der Waals surface area (Å²) in [5.74, 6) is 1.04. The molecule has 2 rings (SSSR count). The minimum atomic E-state index is -1.12. The zero-order valence-electron chi connectivity index (χ0n) is 7.91. The van der Waals surface area contributed by atoms with Gasteiger partial charge in [-0.2, -0.15) is 0 Å². The molecule has 0 bridgehead atoms.